The third-order valence-electron chi connectivity index (χ3n) is 4.33. The molecule has 0 spiro atoms. The molecular formula is C32H46O10. The van der Waals surface area contributed by atoms with Gasteiger partial charge in [-0.2, -0.15) is 0 Å². The van der Waals surface area contributed by atoms with E-state index in [1.54, 1.807) is 132 Å². The number of benzene rings is 2. The van der Waals surface area contributed by atoms with Crippen molar-refractivity contribution in [3.05, 3.63) is 70.8 Å². The molecule has 42 heavy (non-hydrogen) atoms. The van der Waals surface area contributed by atoms with Crippen molar-refractivity contribution in [1.82, 2.24) is 0 Å². The van der Waals surface area contributed by atoms with Crippen LogP contribution in [0, 0.1) is 0 Å². The van der Waals surface area contributed by atoms with E-state index >= 15 is 0 Å². The number of rotatable bonds is 4. The number of carbonyl (C=O) groups is 4. The quantitative estimate of drug-likeness (QED) is 0.162. The predicted octanol–water partition coefficient (Wildman–Crippen LogP) is 7.21. The Labute approximate surface area is 248 Å². The molecule has 2 aromatic rings. The molecule has 0 saturated heterocycles. The van der Waals surface area contributed by atoms with E-state index in [4.69, 9.17) is 29.5 Å². The van der Waals surface area contributed by atoms with Crippen LogP contribution in [0.25, 0.3) is 0 Å². The predicted molar refractivity (Wildman–Crippen MR) is 159 cm³/mol. The molecule has 0 fully saturated rings. The van der Waals surface area contributed by atoms with Crippen molar-refractivity contribution in [2.24, 2.45) is 0 Å². The van der Waals surface area contributed by atoms with Gasteiger partial charge in [0.25, 0.3) is 0 Å². The summed E-state index contributed by atoms with van der Waals surface area (Å²) in [6, 6.07) is 13.0. The molecule has 0 aliphatic heterocycles. The van der Waals surface area contributed by atoms with Crippen molar-refractivity contribution in [2.75, 3.05) is 0 Å². The number of ether oxygens (including phenoxy) is 4. The Balaban J connectivity index is 0.000000756. The van der Waals surface area contributed by atoms with Crippen molar-refractivity contribution in [3.8, 4) is 0 Å². The lowest BCUT2D eigenvalue weighted by atomic mass is 10.1. The summed E-state index contributed by atoms with van der Waals surface area (Å²) in [6.45, 7) is 21.3. The van der Waals surface area contributed by atoms with Gasteiger partial charge in [-0.1, -0.05) is 24.3 Å². The zero-order valence-corrected chi connectivity index (χ0v) is 26.8. The number of hydrogen-bond donors (Lipinski definition) is 2. The molecule has 2 aromatic carbocycles. The molecule has 0 aliphatic carbocycles. The van der Waals surface area contributed by atoms with Gasteiger partial charge in [-0.25, -0.2) is 19.2 Å². The maximum atomic E-state index is 12.1. The highest BCUT2D eigenvalue weighted by atomic mass is 17.0. The Kier molecular flexibility index (Phi) is 14.1. The monoisotopic (exact) mass is 590 g/mol. The molecule has 2 N–H and O–H groups in total. The van der Waals surface area contributed by atoms with Gasteiger partial charge in [0.05, 0.1) is 22.3 Å². The normalized spacial score (nSPS) is 11.5. The molecule has 0 aromatic heterocycles. The number of esters is 4. The van der Waals surface area contributed by atoms with Crippen LogP contribution in [0.1, 0.15) is 125 Å². The first-order chi connectivity index (χ1) is 19.0. The van der Waals surface area contributed by atoms with Crippen molar-refractivity contribution in [1.29, 1.82) is 0 Å². The Morgan fingerprint density at radius 3 is 0.667 bits per heavy atom. The highest BCUT2D eigenvalue weighted by Gasteiger charge is 2.27. The molecular weight excluding hydrogens is 544 g/mol. The third-order valence-corrected chi connectivity index (χ3v) is 4.33. The summed E-state index contributed by atoms with van der Waals surface area (Å²) in [7, 11) is 0. The topological polar surface area (TPSA) is 146 Å². The van der Waals surface area contributed by atoms with Crippen molar-refractivity contribution >= 4 is 23.9 Å². The first kappa shape index (κ1) is 38.2. The average Bonchev–Trinajstić information content (AvgIpc) is 2.81. The Morgan fingerprint density at radius 2 is 0.548 bits per heavy atom. The van der Waals surface area contributed by atoms with Crippen LogP contribution in [0.2, 0.25) is 0 Å². The maximum absolute atomic E-state index is 12.1. The van der Waals surface area contributed by atoms with Gasteiger partial charge in [0.15, 0.2) is 0 Å². The van der Waals surface area contributed by atoms with Crippen LogP contribution in [-0.4, -0.2) is 56.8 Å². The van der Waals surface area contributed by atoms with E-state index in [1.165, 1.54) is 0 Å². The maximum Gasteiger partial charge on any atom is 0.339 e. The van der Waals surface area contributed by atoms with Crippen LogP contribution in [0.4, 0.5) is 0 Å². The fourth-order valence-corrected chi connectivity index (χ4v) is 3.01. The molecule has 10 heteroatoms. The minimum absolute atomic E-state index is 0.219. The van der Waals surface area contributed by atoms with Gasteiger partial charge in [0.1, 0.15) is 22.4 Å². The Bertz CT molecular complexity index is 1010. The van der Waals surface area contributed by atoms with Crippen LogP contribution in [0.15, 0.2) is 48.5 Å². The lowest BCUT2D eigenvalue weighted by molar-refractivity contribution is -0.176. The summed E-state index contributed by atoms with van der Waals surface area (Å²) in [5.74, 6) is -2.11. The second-order valence-electron chi connectivity index (χ2n) is 13.1. The van der Waals surface area contributed by atoms with Crippen LogP contribution in [-0.2, 0) is 18.9 Å². The summed E-state index contributed by atoms with van der Waals surface area (Å²) in [6.07, 6.45) is 0. The SMILES string of the molecule is CC(C)(C)OC(=O)c1ccccc1C(=O)OC(C)(C)C.CC(C)(C)OC(=O)c1ccccc1C(=O)OC(C)(C)C.OO. The standard InChI is InChI=1S/2C16H22O4.H2O2/c2*1-15(2,3)19-13(17)11-9-7-8-10-12(11)14(18)20-16(4,5)6;1-2/h2*7-10H,1-6H3;1-2H. The van der Waals surface area contributed by atoms with Crippen LogP contribution < -0.4 is 0 Å². The summed E-state index contributed by atoms with van der Waals surface area (Å²) in [5.41, 5.74) is -1.58. The molecule has 0 atom stereocenters. The van der Waals surface area contributed by atoms with E-state index in [0.29, 0.717) is 0 Å². The van der Waals surface area contributed by atoms with E-state index in [-0.39, 0.29) is 22.3 Å². The second-order valence-corrected chi connectivity index (χ2v) is 13.1. The smallest absolute Gasteiger partial charge is 0.339 e. The zero-order valence-electron chi connectivity index (χ0n) is 26.8. The Hall–Kier alpha value is -3.76. The highest BCUT2D eigenvalue weighted by molar-refractivity contribution is 6.04. The van der Waals surface area contributed by atoms with Gasteiger partial charge in [0.2, 0.25) is 0 Å². The minimum Gasteiger partial charge on any atom is -0.456 e. The molecule has 0 heterocycles. The molecule has 234 valence electrons. The largest absolute Gasteiger partial charge is 0.456 e. The number of carbonyl (C=O) groups excluding carboxylic acids is 4. The molecule has 0 bridgehead atoms. The van der Waals surface area contributed by atoms with Gasteiger partial charge in [-0.15, -0.1) is 0 Å². The van der Waals surface area contributed by atoms with Crippen LogP contribution >= 0.6 is 0 Å². The first-order valence-electron chi connectivity index (χ1n) is 13.3. The van der Waals surface area contributed by atoms with Gasteiger partial charge < -0.3 is 18.9 Å². The van der Waals surface area contributed by atoms with Crippen LogP contribution in [0.5, 0.6) is 0 Å². The summed E-state index contributed by atoms with van der Waals surface area (Å²) < 4.78 is 21.2. The van der Waals surface area contributed by atoms with E-state index in [0.717, 1.165) is 0 Å². The zero-order chi connectivity index (χ0) is 33.1. The van der Waals surface area contributed by atoms with Crippen molar-refractivity contribution in [3.63, 3.8) is 0 Å². The lowest BCUT2D eigenvalue weighted by Gasteiger charge is -2.22. The van der Waals surface area contributed by atoms with Crippen LogP contribution in [0.3, 0.4) is 0 Å². The van der Waals surface area contributed by atoms with E-state index in [1.807, 2.05) is 0 Å². The van der Waals surface area contributed by atoms with Gasteiger partial charge in [-0.3, -0.25) is 10.5 Å². The molecule has 10 nitrogen and oxygen atoms in total. The fourth-order valence-electron chi connectivity index (χ4n) is 3.01. The number of hydrogen-bond acceptors (Lipinski definition) is 10. The van der Waals surface area contributed by atoms with Gasteiger partial charge >= 0.3 is 23.9 Å². The van der Waals surface area contributed by atoms with Crippen molar-refractivity contribution in [2.45, 2.75) is 105 Å². The second kappa shape index (κ2) is 15.5. The highest BCUT2D eigenvalue weighted by Crippen LogP contribution is 2.20. The molecule has 0 radical (unpaired) electrons. The third kappa shape index (κ3) is 15.3. The van der Waals surface area contributed by atoms with Crippen molar-refractivity contribution < 1.29 is 48.6 Å². The van der Waals surface area contributed by atoms with E-state index < -0.39 is 46.3 Å². The summed E-state index contributed by atoms with van der Waals surface area (Å²) in [5, 5.41) is 12.0. The molecule has 0 saturated carbocycles. The van der Waals surface area contributed by atoms with E-state index in [2.05, 4.69) is 0 Å². The Morgan fingerprint density at radius 1 is 0.405 bits per heavy atom. The van der Waals surface area contributed by atoms with Gasteiger partial charge in [0, 0.05) is 0 Å². The first-order valence-corrected chi connectivity index (χ1v) is 13.3. The molecule has 2 rings (SSSR count). The summed E-state index contributed by atoms with van der Waals surface area (Å²) >= 11 is 0. The molecule has 0 aliphatic rings. The summed E-state index contributed by atoms with van der Waals surface area (Å²) in [4.78, 5) is 48.5. The lowest BCUT2D eigenvalue weighted by Crippen LogP contribution is -2.27. The van der Waals surface area contributed by atoms with Gasteiger partial charge in [-0.05, 0) is 107 Å². The van der Waals surface area contributed by atoms with E-state index in [9.17, 15) is 19.2 Å². The minimum atomic E-state index is -0.613. The fraction of sp³-hybridized carbons (Fsp3) is 0.500. The molecule has 0 unspecified atom stereocenters. The average molecular weight is 591 g/mol. The molecule has 0 amide bonds.